The summed E-state index contributed by atoms with van der Waals surface area (Å²) in [6.45, 7) is 2.95. The Labute approximate surface area is 154 Å². The summed E-state index contributed by atoms with van der Waals surface area (Å²) in [7, 11) is 0. The van der Waals surface area contributed by atoms with E-state index in [0.29, 0.717) is 16.6 Å². The van der Waals surface area contributed by atoms with Gasteiger partial charge in [-0.1, -0.05) is 25.1 Å². The SMILES string of the molecule is CCCN(C(=S)NC(=O)c1ccccc1)C(c1ccncc1)C1CC1. The Bertz CT molecular complexity index is 716. The van der Waals surface area contributed by atoms with Gasteiger partial charge in [0.25, 0.3) is 5.91 Å². The molecule has 1 atom stereocenters. The van der Waals surface area contributed by atoms with E-state index in [1.54, 1.807) is 12.1 Å². The van der Waals surface area contributed by atoms with E-state index in [1.165, 1.54) is 18.4 Å². The van der Waals surface area contributed by atoms with Gasteiger partial charge in [0.1, 0.15) is 0 Å². The van der Waals surface area contributed by atoms with Crippen molar-refractivity contribution in [3.63, 3.8) is 0 Å². The molecule has 1 heterocycles. The van der Waals surface area contributed by atoms with Crippen molar-refractivity contribution in [3.8, 4) is 0 Å². The van der Waals surface area contributed by atoms with E-state index in [4.69, 9.17) is 12.2 Å². The smallest absolute Gasteiger partial charge is 0.257 e. The van der Waals surface area contributed by atoms with E-state index >= 15 is 0 Å². The van der Waals surface area contributed by atoms with Crippen LogP contribution in [0.4, 0.5) is 0 Å². The van der Waals surface area contributed by atoms with Gasteiger partial charge in [-0.05, 0) is 67.2 Å². The Balaban J connectivity index is 1.79. The predicted octanol–water partition coefficient (Wildman–Crippen LogP) is 3.96. The summed E-state index contributed by atoms with van der Waals surface area (Å²) in [6, 6.07) is 13.5. The summed E-state index contributed by atoms with van der Waals surface area (Å²) >= 11 is 5.62. The van der Waals surface area contributed by atoms with Gasteiger partial charge in [0.2, 0.25) is 0 Å². The highest BCUT2D eigenvalue weighted by molar-refractivity contribution is 7.80. The quantitative estimate of drug-likeness (QED) is 0.799. The standard InChI is InChI=1S/C20H23N3OS/c1-2-14-23(18(15-8-9-15)16-10-12-21-13-11-16)20(25)22-19(24)17-6-4-3-5-7-17/h3-7,10-13,15,18H,2,8-9,14H2,1H3,(H,22,24,25). The molecule has 1 aromatic carbocycles. The summed E-state index contributed by atoms with van der Waals surface area (Å²) in [5.41, 5.74) is 1.83. The van der Waals surface area contributed by atoms with Crippen LogP contribution in [0, 0.1) is 5.92 Å². The number of hydrogen-bond acceptors (Lipinski definition) is 3. The molecule has 1 amide bonds. The lowest BCUT2D eigenvalue weighted by atomic mass is 10.0. The highest BCUT2D eigenvalue weighted by atomic mass is 32.1. The predicted molar refractivity (Wildman–Crippen MR) is 103 cm³/mol. The van der Waals surface area contributed by atoms with E-state index in [9.17, 15) is 4.79 Å². The van der Waals surface area contributed by atoms with Gasteiger partial charge in [0, 0.05) is 24.5 Å². The maximum Gasteiger partial charge on any atom is 0.257 e. The average Bonchev–Trinajstić information content (AvgIpc) is 3.48. The molecule has 1 aromatic heterocycles. The topological polar surface area (TPSA) is 45.2 Å². The number of nitrogens with zero attached hydrogens (tertiary/aromatic N) is 2. The molecular formula is C20H23N3OS. The second kappa shape index (κ2) is 8.21. The van der Waals surface area contributed by atoms with E-state index < -0.39 is 0 Å². The molecule has 0 bridgehead atoms. The number of carbonyl (C=O) groups is 1. The molecule has 3 rings (SSSR count). The van der Waals surface area contributed by atoms with Crippen molar-refractivity contribution in [2.75, 3.05) is 6.54 Å². The van der Waals surface area contributed by atoms with E-state index in [0.717, 1.165) is 13.0 Å². The van der Waals surface area contributed by atoms with Crippen molar-refractivity contribution in [3.05, 3.63) is 66.0 Å². The molecule has 1 aliphatic carbocycles. The summed E-state index contributed by atoms with van der Waals surface area (Å²) in [5, 5.41) is 3.42. The molecule has 2 aromatic rings. The van der Waals surface area contributed by atoms with Gasteiger partial charge in [-0.3, -0.25) is 15.1 Å². The zero-order chi connectivity index (χ0) is 17.6. The number of amides is 1. The lowest BCUT2D eigenvalue weighted by Crippen LogP contribution is -2.45. The average molecular weight is 353 g/mol. The fourth-order valence-corrected chi connectivity index (χ4v) is 3.42. The van der Waals surface area contributed by atoms with Crippen molar-refractivity contribution in [1.29, 1.82) is 0 Å². The van der Waals surface area contributed by atoms with Crippen LogP contribution in [0.5, 0.6) is 0 Å². The van der Waals surface area contributed by atoms with Crippen LogP contribution in [0.1, 0.15) is 48.1 Å². The molecule has 0 aliphatic heterocycles. The molecule has 1 saturated carbocycles. The lowest BCUT2D eigenvalue weighted by molar-refractivity contribution is 0.0970. The molecule has 0 spiro atoms. The van der Waals surface area contributed by atoms with Crippen molar-refractivity contribution in [2.24, 2.45) is 5.92 Å². The third-order valence-corrected chi connectivity index (χ3v) is 4.77. The number of carbonyl (C=O) groups excluding carboxylic acids is 1. The first-order valence-corrected chi connectivity index (χ1v) is 9.18. The van der Waals surface area contributed by atoms with Crippen LogP contribution >= 0.6 is 12.2 Å². The summed E-state index contributed by atoms with van der Waals surface area (Å²) in [5.74, 6) is 0.427. The van der Waals surface area contributed by atoms with Crippen molar-refractivity contribution < 1.29 is 4.79 Å². The highest BCUT2D eigenvalue weighted by Crippen LogP contribution is 2.44. The number of hydrogen-bond donors (Lipinski definition) is 1. The molecule has 1 fully saturated rings. The first-order chi connectivity index (χ1) is 12.2. The maximum absolute atomic E-state index is 12.5. The number of pyridine rings is 1. The molecule has 130 valence electrons. The van der Waals surface area contributed by atoms with Crippen LogP contribution < -0.4 is 5.32 Å². The Hall–Kier alpha value is -2.27. The minimum atomic E-state index is -0.157. The third-order valence-electron chi connectivity index (χ3n) is 4.43. The maximum atomic E-state index is 12.5. The van der Waals surface area contributed by atoms with Crippen molar-refractivity contribution in [2.45, 2.75) is 32.2 Å². The van der Waals surface area contributed by atoms with Gasteiger partial charge >= 0.3 is 0 Å². The molecule has 1 aliphatic rings. The van der Waals surface area contributed by atoms with Gasteiger partial charge < -0.3 is 4.90 Å². The van der Waals surface area contributed by atoms with Gasteiger partial charge in [-0.2, -0.15) is 0 Å². The fraction of sp³-hybridized carbons (Fsp3) is 0.350. The van der Waals surface area contributed by atoms with Crippen LogP contribution in [0.25, 0.3) is 0 Å². The van der Waals surface area contributed by atoms with Crippen LogP contribution in [-0.4, -0.2) is 27.4 Å². The molecule has 25 heavy (non-hydrogen) atoms. The van der Waals surface area contributed by atoms with Gasteiger partial charge in [-0.15, -0.1) is 0 Å². The Morgan fingerprint density at radius 3 is 2.52 bits per heavy atom. The molecular weight excluding hydrogens is 330 g/mol. The van der Waals surface area contributed by atoms with Gasteiger partial charge in [0.05, 0.1) is 6.04 Å². The third kappa shape index (κ3) is 4.42. The Morgan fingerprint density at radius 2 is 1.92 bits per heavy atom. The van der Waals surface area contributed by atoms with Crippen LogP contribution in [-0.2, 0) is 0 Å². The Morgan fingerprint density at radius 1 is 1.24 bits per heavy atom. The summed E-state index contributed by atoms with van der Waals surface area (Å²) in [6.07, 6.45) is 7.00. The van der Waals surface area contributed by atoms with E-state index in [2.05, 4.69) is 22.1 Å². The number of thiocarbonyl (C=S) groups is 1. The van der Waals surface area contributed by atoms with E-state index in [-0.39, 0.29) is 11.9 Å². The van der Waals surface area contributed by atoms with Crippen LogP contribution in [0.15, 0.2) is 54.9 Å². The second-order valence-corrected chi connectivity index (χ2v) is 6.77. The van der Waals surface area contributed by atoms with Crippen molar-refractivity contribution in [1.82, 2.24) is 15.2 Å². The number of benzene rings is 1. The lowest BCUT2D eigenvalue weighted by Gasteiger charge is -2.34. The zero-order valence-corrected chi connectivity index (χ0v) is 15.2. The summed E-state index contributed by atoms with van der Waals surface area (Å²) in [4.78, 5) is 18.8. The van der Waals surface area contributed by atoms with Gasteiger partial charge in [0.15, 0.2) is 5.11 Å². The first-order valence-electron chi connectivity index (χ1n) is 8.77. The normalized spacial score (nSPS) is 14.6. The van der Waals surface area contributed by atoms with Crippen LogP contribution in [0.3, 0.4) is 0 Å². The molecule has 1 unspecified atom stereocenters. The van der Waals surface area contributed by atoms with Crippen molar-refractivity contribution >= 4 is 23.2 Å². The number of rotatable bonds is 6. The zero-order valence-electron chi connectivity index (χ0n) is 14.4. The molecule has 5 heteroatoms. The largest absolute Gasteiger partial charge is 0.342 e. The molecule has 0 saturated heterocycles. The highest BCUT2D eigenvalue weighted by Gasteiger charge is 2.37. The first kappa shape index (κ1) is 17.5. The number of aromatic nitrogens is 1. The fourth-order valence-electron chi connectivity index (χ4n) is 3.12. The molecule has 0 radical (unpaired) electrons. The Kier molecular flexibility index (Phi) is 5.76. The summed E-state index contributed by atoms with van der Waals surface area (Å²) < 4.78 is 0. The number of nitrogens with one attached hydrogen (secondary N) is 1. The molecule has 1 N–H and O–H groups in total. The molecule has 4 nitrogen and oxygen atoms in total. The second-order valence-electron chi connectivity index (χ2n) is 6.38. The van der Waals surface area contributed by atoms with E-state index in [1.807, 2.05) is 42.7 Å². The monoisotopic (exact) mass is 353 g/mol. The minimum Gasteiger partial charge on any atom is -0.342 e. The van der Waals surface area contributed by atoms with Gasteiger partial charge in [-0.25, -0.2) is 0 Å². The van der Waals surface area contributed by atoms with Crippen LogP contribution in [0.2, 0.25) is 0 Å². The minimum absolute atomic E-state index is 0.157.